The van der Waals surface area contributed by atoms with Crippen molar-refractivity contribution in [2.75, 3.05) is 5.32 Å². The zero-order valence-electron chi connectivity index (χ0n) is 15.8. The van der Waals surface area contributed by atoms with Gasteiger partial charge in [-0.3, -0.25) is 9.59 Å². The Hall–Kier alpha value is -2.18. The van der Waals surface area contributed by atoms with Gasteiger partial charge >= 0.3 is 0 Å². The molecule has 2 aliphatic heterocycles. The quantitative estimate of drug-likeness (QED) is 0.742. The van der Waals surface area contributed by atoms with Gasteiger partial charge < -0.3 is 16.0 Å². The molecule has 1 aromatic heterocycles. The molecule has 5 nitrogen and oxygen atoms in total. The first kappa shape index (κ1) is 17.9. The van der Waals surface area contributed by atoms with E-state index < -0.39 is 0 Å². The van der Waals surface area contributed by atoms with Gasteiger partial charge in [-0.2, -0.15) is 0 Å². The molecule has 3 aliphatic rings. The molecule has 5 rings (SSSR count). The summed E-state index contributed by atoms with van der Waals surface area (Å²) in [5.74, 6) is -0.233. The Morgan fingerprint density at radius 1 is 1.00 bits per heavy atom. The predicted octanol–water partition coefficient (Wildman–Crippen LogP) is 3.50. The SMILES string of the molecule is O=C(Nc1sccc1C(=O)NC1CC2CCC(C1)N2)c1ccc2c(c1)CCC2. The van der Waals surface area contributed by atoms with E-state index in [4.69, 9.17) is 0 Å². The second kappa shape index (κ2) is 7.33. The van der Waals surface area contributed by atoms with Crippen molar-refractivity contribution in [2.24, 2.45) is 0 Å². The highest BCUT2D eigenvalue weighted by atomic mass is 32.1. The number of piperidine rings is 1. The van der Waals surface area contributed by atoms with Crippen LogP contribution in [0.15, 0.2) is 29.6 Å². The number of nitrogens with one attached hydrogen (secondary N) is 3. The van der Waals surface area contributed by atoms with E-state index in [1.54, 1.807) is 6.07 Å². The van der Waals surface area contributed by atoms with Crippen LogP contribution < -0.4 is 16.0 Å². The lowest BCUT2D eigenvalue weighted by Gasteiger charge is -2.29. The molecular weight excluding hydrogens is 370 g/mol. The van der Waals surface area contributed by atoms with Gasteiger partial charge in [0.25, 0.3) is 11.8 Å². The van der Waals surface area contributed by atoms with Crippen LogP contribution in [0, 0.1) is 0 Å². The summed E-state index contributed by atoms with van der Waals surface area (Å²) in [5.41, 5.74) is 3.85. The zero-order valence-corrected chi connectivity index (χ0v) is 16.6. The lowest BCUT2D eigenvalue weighted by atomic mass is 9.99. The highest BCUT2D eigenvalue weighted by Gasteiger charge is 2.34. The van der Waals surface area contributed by atoms with E-state index in [0.29, 0.717) is 28.2 Å². The lowest BCUT2D eigenvalue weighted by molar-refractivity contribution is 0.0925. The van der Waals surface area contributed by atoms with Crippen molar-refractivity contribution in [1.29, 1.82) is 0 Å². The van der Waals surface area contributed by atoms with E-state index in [1.807, 2.05) is 17.5 Å². The summed E-state index contributed by atoms with van der Waals surface area (Å²) < 4.78 is 0. The van der Waals surface area contributed by atoms with E-state index in [2.05, 4.69) is 22.0 Å². The fourth-order valence-corrected chi connectivity index (χ4v) is 5.69. The van der Waals surface area contributed by atoms with Gasteiger partial charge in [0.2, 0.25) is 0 Å². The largest absolute Gasteiger partial charge is 0.349 e. The van der Waals surface area contributed by atoms with Crippen molar-refractivity contribution in [1.82, 2.24) is 10.6 Å². The van der Waals surface area contributed by atoms with Gasteiger partial charge in [0.1, 0.15) is 5.00 Å². The molecule has 3 heterocycles. The number of carbonyl (C=O) groups is 2. The zero-order chi connectivity index (χ0) is 19.1. The highest BCUT2D eigenvalue weighted by Crippen LogP contribution is 2.29. The molecule has 0 radical (unpaired) electrons. The van der Waals surface area contributed by atoms with Crippen LogP contribution in [0.5, 0.6) is 0 Å². The number of anilines is 1. The van der Waals surface area contributed by atoms with Crippen LogP contribution in [0.4, 0.5) is 5.00 Å². The molecule has 2 atom stereocenters. The number of hydrogen-bond donors (Lipinski definition) is 3. The number of amides is 2. The Kier molecular flexibility index (Phi) is 4.69. The van der Waals surface area contributed by atoms with Gasteiger partial charge in [0.05, 0.1) is 5.56 Å². The summed E-state index contributed by atoms with van der Waals surface area (Å²) in [4.78, 5) is 25.6. The smallest absolute Gasteiger partial charge is 0.256 e. The number of thiophene rings is 1. The van der Waals surface area contributed by atoms with Crippen molar-refractivity contribution < 1.29 is 9.59 Å². The molecule has 1 aromatic carbocycles. The van der Waals surface area contributed by atoms with Crippen molar-refractivity contribution in [2.45, 2.75) is 63.1 Å². The third-order valence-electron chi connectivity index (χ3n) is 6.31. The molecule has 2 aromatic rings. The van der Waals surface area contributed by atoms with Crippen LogP contribution in [0.25, 0.3) is 0 Å². The molecule has 2 amide bonds. The molecule has 2 fully saturated rings. The molecule has 2 saturated heterocycles. The molecule has 0 spiro atoms. The van der Waals surface area contributed by atoms with Gasteiger partial charge in [0.15, 0.2) is 0 Å². The first-order valence-corrected chi connectivity index (χ1v) is 11.1. The Morgan fingerprint density at radius 2 is 1.79 bits per heavy atom. The molecule has 2 unspecified atom stereocenters. The molecule has 6 heteroatoms. The minimum Gasteiger partial charge on any atom is -0.349 e. The first-order chi connectivity index (χ1) is 13.7. The third kappa shape index (κ3) is 3.47. The average Bonchev–Trinajstić information content (AvgIpc) is 3.41. The predicted molar refractivity (Wildman–Crippen MR) is 111 cm³/mol. The minimum atomic E-state index is -0.147. The molecule has 0 saturated carbocycles. The van der Waals surface area contributed by atoms with Crippen molar-refractivity contribution >= 4 is 28.2 Å². The van der Waals surface area contributed by atoms with Crippen LogP contribution >= 0.6 is 11.3 Å². The Morgan fingerprint density at radius 3 is 2.61 bits per heavy atom. The Balaban J connectivity index is 1.26. The number of benzene rings is 1. The lowest BCUT2D eigenvalue weighted by Crippen LogP contribution is -2.48. The van der Waals surface area contributed by atoms with Gasteiger partial charge in [-0.05, 0) is 79.7 Å². The normalized spacial score (nSPS) is 25.4. The number of rotatable bonds is 4. The summed E-state index contributed by atoms with van der Waals surface area (Å²) in [5, 5.41) is 12.2. The summed E-state index contributed by atoms with van der Waals surface area (Å²) in [6.45, 7) is 0. The van der Waals surface area contributed by atoms with E-state index in [-0.39, 0.29) is 17.9 Å². The molecule has 1 aliphatic carbocycles. The number of hydrogen-bond acceptors (Lipinski definition) is 4. The topological polar surface area (TPSA) is 70.2 Å². The summed E-state index contributed by atoms with van der Waals surface area (Å²) in [7, 11) is 0. The van der Waals surface area contributed by atoms with Crippen LogP contribution in [0.2, 0.25) is 0 Å². The van der Waals surface area contributed by atoms with Crippen LogP contribution in [0.3, 0.4) is 0 Å². The highest BCUT2D eigenvalue weighted by molar-refractivity contribution is 7.14. The Bertz CT molecular complexity index is 910. The van der Waals surface area contributed by atoms with Crippen molar-refractivity contribution in [3.63, 3.8) is 0 Å². The Labute approximate surface area is 168 Å². The van der Waals surface area contributed by atoms with E-state index in [9.17, 15) is 9.59 Å². The second-order valence-electron chi connectivity index (χ2n) is 8.23. The number of fused-ring (bicyclic) bond motifs is 3. The van der Waals surface area contributed by atoms with Gasteiger partial charge in [0, 0.05) is 23.7 Å². The second-order valence-corrected chi connectivity index (χ2v) is 9.15. The van der Waals surface area contributed by atoms with Crippen LogP contribution in [-0.2, 0) is 12.8 Å². The van der Waals surface area contributed by atoms with E-state index >= 15 is 0 Å². The van der Waals surface area contributed by atoms with Crippen molar-refractivity contribution in [3.8, 4) is 0 Å². The standard InChI is InChI=1S/C22H25N3O2S/c26-20(15-5-4-13-2-1-3-14(13)10-15)25-22-19(8-9-28-22)21(27)24-18-11-16-6-7-17(12-18)23-16/h4-5,8-10,16-18,23H,1-3,6-7,11-12H2,(H,24,27)(H,25,26). The molecule has 2 bridgehead atoms. The molecule has 3 N–H and O–H groups in total. The monoisotopic (exact) mass is 395 g/mol. The van der Waals surface area contributed by atoms with Crippen LogP contribution in [-0.4, -0.2) is 29.9 Å². The van der Waals surface area contributed by atoms with Gasteiger partial charge in [-0.15, -0.1) is 11.3 Å². The maximum Gasteiger partial charge on any atom is 0.256 e. The summed E-state index contributed by atoms with van der Waals surface area (Å²) in [6.07, 6.45) is 7.70. The maximum absolute atomic E-state index is 12.8. The first-order valence-electron chi connectivity index (χ1n) is 10.2. The molecular formula is C22H25N3O2S. The summed E-state index contributed by atoms with van der Waals surface area (Å²) >= 11 is 1.40. The number of aryl methyl sites for hydroxylation is 2. The van der Waals surface area contributed by atoms with Crippen molar-refractivity contribution in [3.05, 3.63) is 51.9 Å². The third-order valence-corrected chi connectivity index (χ3v) is 7.14. The average molecular weight is 396 g/mol. The van der Waals surface area contributed by atoms with Gasteiger partial charge in [-0.1, -0.05) is 6.07 Å². The summed E-state index contributed by atoms with van der Waals surface area (Å²) in [6, 6.07) is 9.02. The minimum absolute atomic E-state index is 0.0863. The maximum atomic E-state index is 12.8. The molecule has 28 heavy (non-hydrogen) atoms. The fraction of sp³-hybridized carbons (Fsp3) is 0.455. The van der Waals surface area contributed by atoms with E-state index in [0.717, 1.165) is 32.1 Å². The number of carbonyl (C=O) groups excluding carboxylic acids is 2. The van der Waals surface area contributed by atoms with Crippen LogP contribution in [0.1, 0.15) is 63.9 Å². The van der Waals surface area contributed by atoms with E-state index in [1.165, 1.54) is 35.3 Å². The van der Waals surface area contributed by atoms with Gasteiger partial charge in [-0.25, -0.2) is 0 Å². The fourth-order valence-electron chi connectivity index (χ4n) is 4.91. The molecule has 146 valence electrons.